The summed E-state index contributed by atoms with van der Waals surface area (Å²) in [4.78, 5) is 29.5. The molecule has 1 aromatic heterocycles. The molecule has 0 bridgehead atoms. The molecule has 1 unspecified atom stereocenters. The number of carbonyl (C=O) groups excluding carboxylic acids is 2. The molecular weight excluding hydrogens is 433 g/mol. The standard InChI is InChI=1S/C24H23F3N4O2/c1-2-3-12-31-20-10-9-15(18-8-5-11-28-22(18)33)14-19(20)29-23(31)30-21(32)16-6-4-7-17(13-16)24(25,26)27/h2,4,6-7,9-10,13-14,18H,1,3,5,8,11-12H2,(H,28,33)(H,29,30,32). The summed E-state index contributed by atoms with van der Waals surface area (Å²) in [7, 11) is 0. The number of fused-ring (bicyclic) bond motifs is 1. The van der Waals surface area contributed by atoms with Gasteiger partial charge >= 0.3 is 6.18 Å². The maximum atomic E-state index is 13.0. The summed E-state index contributed by atoms with van der Waals surface area (Å²) in [6.45, 7) is 4.86. The van der Waals surface area contributed by atoms with Crippen LogP contribution in [0.2, 0.25) is 0 Å². The largest absolute Gasteiger partial charge is 0.416 e. The molecule has 33 heavy (non-hydrogen) atoms. The summed E-state index contributed by atoms with van der Waals surface area (Å²) < 4.78 is 40.9. The highest BCUT2D eigenvalue weighted by molar-refractivity contribution is 6.04. The molecule has 0 saturated carbocycles. The third kappa shape index (κ3) is 4.76. The van der Waals surface area contributed by atoms with Gasteiger partial charge in [0.1, 0.15) is 0 Å². The number of piperidine rings is 1. The van der Waals surface area contributed by atoms with Crippen LogP contribution in [0, 0.1) is 0 Å². The molecule has 4 rings (SSSR count). The van der Waals surface area contributed by atoms with Crippen LogP contribution >= 0.6 is 0 Å². The second kappa shape index (κ2) is 9.09. The predicted molar refractivity (Wildman–Crippen MR) is 119 cm³/mol. The Bertz CT molecular complexity index is 1220. The van der Waals surface area contributed by atoms with E-state index in [4.69, 9.17) is 0 Å². The molecule has 2 aromatic carbocycles. The van der Waals surface area contributed by atoms with Gasteiger partial charge in [0.25, 0.3) is 5.91 Å². The number of alkyl halides is 3. The fraction of sp³-hybridized carbons (Fsp3) is 0.292. The first kappa shape index (κ1) is 22.6. The van der Waals surface area contributed by atoms with E-state index in [1.807, 2.05) is 18.2 Å². The summed E-state index contributed by atoms with van der Waals surface area (Å²) in [6.07, 6.45) is -0.584. The third-order valence-corrected chi connectivity index (χ3v) is 5.69. The Balaban J connectivity index is 1.67. The number of amides is 2. The van der Waals surface area contributed by atoms with Crippen molar-refractivity contribution in [3.05, 3.63) is 71.8 Å². The molecule has 1 saturated heterocycles. The SMILES string of the molecule is C=CCCn1c(NC(=O)c2cccc(C(F)(F)F)c2)nc2cc(C3CCCNC3=O)ccc21. The normalized spacial score (nSPS) is 16.5. The number of nitrogens with zero attached hydrogens (tertiary/aromatic N) is 2. The Morgan fingerprint density at radius 2 is 2.09 bits per heavy atom. The van der Waals surface area contributed by atoms with E-state index in [0.29, 0.717) is 25.0 Å². The quantitative estimate of drug-likeness (QED) is 0.520. The van der Waals surface area contributed by atoms with E-state index in [9.17, 15) is 22.8 Å². The number of benzene rings is 2. The van der Waals surface area contributed by atoms with E-state index in [0.717, 1.165) is 36.1 Å². The van der Waals surface area contributed by atoms with E-state index in [-0.39, 0.29) is 23.3 Å². The van der Waals surface area contributed by atoms with Crippen LogP contribution in [0.4, 0.5) is 19.1 Å². The van der Waals surface area contributed by atoms with Gasteiger partial charge in [-0.2, -0.15) is 13.2 Å². The van der Waals surface area contributed by atoms with Crippen molar-refractivity contribution in [1.82, 2.24) is 14.9 Å². The third-order valence-electron chi connectivity index (χ3n) is 5.69. The number of allylic oxidation sites excluding steroid dienone is 1. The molecule has 1 atom stereocenters. The van der Waals surface area contributed by atoms with Crippen LogP contribution in [0.25, 0.3) is 11.0 Å². The van der Waals surface area contributed by atoms with Crippen molar-refractivity contribution in [3.8, 4) is 0 Å². The maximum absolute atomic E-state index is 13.0. The van der Waals surface area contributed by atoms with Crippen molar-refractivity contribution in [2.75, 3.05) is 11.9 Å². The average molecular weight is 456 g/mol. The van der Waals surface area contributed by atoms with Gasteiger partial charge in [-0.15, -0.1) is 6.58 Å². The highest BCUT2D eigenvalue weighted by Crippen LogP contribution is 2.31. The number of anilines is 1. The van der Waals surface area contributed by atoms with Crippen LogP contribution in [0.1, 0.15) is 46.7 Å². The van der Waals surface area contributed by atoms with Crippen molar-refractivity contribution in [1.29, 1.82) is 0 Å². The van der Waals surface area contributed by atoms with Crippen LogP contribution in [-0.4, -0.2) is 27.9 Å². The van der Waals surface area contributed by atoms with Gasteiger partial charge in [0.15, 0.2) is 0 Å². The maximum Gasteiger partial charge on any atom is 0.416 e. The number of aryl methyl sites for hydroxylation is 1. The number of carbonyl (C=O) groups is 2. The molecule has 0 aliphatic carbocycles. The lowest BCUT2D eigenvalue weighted by Crippen LogP contribution is -2.35. The molecule has 9 heteroatoms. The molecule has 2 N–H and O–H groups in total. The van der Waals surface area contributed by atoms with Gasteiger partial charge in [-0.25, -0.2) is 4.98 Å². The van der Waals surface area contributed by atoms with Gasteiger partial charge in [0, 0.05) is 18.7 Å². The molecule has 0 radical (unpaired) electrons. The van der Waals surface area contributed by atoms with E-state index in [1.165, 1.54) is 12.1 Å². The Kier molecular flexibility index (Phi) is 6.22. The molecule has 1 aliphatic rings. The minimum Gasteiger partial charge on any atom is -0.356 e. The van der Waals surface area contributed by atoms with Gasteiger partial charge in [-0.05, 0) is 55.2 Å². The Hall–Kier alpha value is -3.62. The van der Waals surface area contributed by atoms with Gasteiger partial charge in [-0.1, -0.05) is 18.2 Å². The zero-order valence-electron chi connectivity index (χ0n) is 17.8. The lowest BCUT2D eigenvalue weighted by atomic mass is 9.90. The Morgan fingerprint density at radius 3 is 2.82 bits per heavy atom. The fourth-order valence-corrected chi connectivity index (χ4v) is 4.01. The van der Waals surface area contributed by atoms with Crippen LogP contribution in [-0.2, 0) is 17.5 Å². The van der Waals surface area contributed by atoms with Crippen LogP contribution in [0.15, 0.2) is 55.1 Å². The molecule has 0 spiro atoms. The molecule has 2 amide bonds. The van der Waals surface area contributed by atoms with Crippen molar-refractivity contribution in [2.24, 2.45) is 0 Å². The van der Waals surface area contributed by atoms with Crippen molar-refractivity contribution >= 4 is 28.8 Å². The number of aromatic nitrogens is 2. The fourth-order valence-electron chi connectivity index (χ4n) is 4.01. The lowest BCUT2D eigenvalue weighted by Gasteiger charge is -2.22. The van der Waals surface area contributed by atoms with Crippen LogP contribution in [0.5, 0.6) is 0 Å². The number of halogens is 3. The second-order valence-electron chi connectivity index (χ2n) is 7.93. The predicted octanol–water partition coefficient (Wildman–Crippen LogP) is 4.88. The van der Waals surface area contributed by atoms with Gasteiger partial charge in [-0.3, -0.25) is 14.9 Å². The highest BCUT2D eigenvalue weighted by Gasteiger charge is 2.31. The summed E-state index contributed by atoms with van der Waals surface area (Å²) in [5.74, 6) is -0.753. The number of hydrogen-bond donors (Lipinski definition) is 2. The first-order chi connectivity index (χ1) is 15.8. The molecule has 1 fully saturated rings. The summed E-state index contributed by atoms with van der Waals surface area (Å²) >= 11 is 0. The molecule has 172 valence electrons. The summed E-state index contributed by atoms with van der Waals surface area (Å²) in [5.41, 5.74) is 1.16. The summed E-state index contributed by atoms with van der Waals surface area (Å²) in [6, 6.07) is 9.80. The molecule has 1 aliphatic heterocycles. The Morgan fingerprint density at radius 1 is 1.27 bits per heavy atom. The van der Waals surface area contributed by atoms with Crippen LogP contribution in [0.3, 0.4) is 0 Å². The highest BCUT2D eigenvalue weighted by atomic mass is 19.4. The minimum atomic E-state index is -4.55. The lowest BCUT2D eigenvalue weighted by molar-refractivity contribution is -0.137. The van der Waals surface area contributed by atoms with Crippen molar-refractivity contribution in [2.45, 2.75) is 37.9 Å². The van der Waals surface area contributed by atoms with Crippen molar-refractivity contribution in [3.63, 3.8) is 0 Å². The first-order valence-electron chi connectivity index (χ1n) is 10.7. The van der Waals surface area contributed by atoms with Gasteiger partial charge in [0.05, 0.1) is 22.5 Å². The molecule has 6 nitrogen and oxygen atoms in total. The summed E-state index contributed by atoms with van der Waals surface area (Å²) in [5, 5.41) is 5.51. The number of nitrogens with one attached hydrogen (secondary N) is 2. The van der Waals surface area contributed by atoms with E-state index in [1.54, 1.807) is 10.6 Å². The van der Waals surface area contributed by atoms with Crippen LogP contribution < -0.4 is 10.6 Å². The van der Waals surface area contributed by atoms with E-state index < -0.39 is 17.6 Å². The topological polar surface area (TPSA) is 76.0 Å². The van der Waals surface area contributed by atoms with Crippen molar-refractivity contribution < 1.29 is 22.8 Å². The second-order valence-corrected chi connectivity index (χ2v) is 7.93. The van der Waals surface area contributed by atoms with E-state index in [2.05, 4.69) is 22.2 Å². The molecular formula is C24H23F3N4O2. The first-order valence-corrected chi connectivity index (χ1v) is 10.7. The average Bonchev–Trinajstić information content (AvgIpc) is 3.13. The Labute approximate surface area is 188 Å². The minimum absolute atomic E-state index is 0.0234. The zero-order valence-corrected chi connectivity index (χ0v) is 17.8. The van der Waals surface area contributed by atoms with Gasteiger partial charge in [0.2, 0.25) is 11.9 Å². The number of rotatable bonds is 6. The number of hydrogen-bond acceptors (Lipinski definition) is 3. The van der Waals surface area contributed by atoms with E-state index >= 15 is 0 Å². The monoisotopic (exact) mass is 456 g/mol. The molecule has 3 aromatic rings. The molecule has 2 heterocycles. The zero-order chi connectivity index (χ0) is 23.6. The van der Waals surface area contributed by atoms with Gasteiger partial charge < -0.3 is 9.88 Å². The smallest absolute Gasteiger partial charge is 0.356 e. The number of imidazole rings is 1.